The van der Waals surface area contributed by atoms with Crippen molar-refractivity contribution in [1.82, 2.24) is 0 Å². The Bertz CT molecular complexity index is 926. The fourth-order valence-corrected chi connectivity index (χ4v) is 2.72. The number of carbonyl (C=O) groups is 1. The summed E-state index contributed by atoms with van der Waals surface area (Å²) in [4.78, 5) is 14.2. The minimum Gasteiger partial charge on any atom is -0.365 e. The van der Waals surface area contributed by atoms with Gasteiger partial charge in [0, 0.05) is 18.4 Å². The largest absolute Gasteiger partial charge is 0.365 e. The third kappa shape index (κ3) is 4.15. The van der Waals surface area contributed by atoms with Crippen molar-refractivity contribution < 1.29 is 4.79 Å². The summed E-state index contributed by atoms with van der Waals surface area (Å²) in [7, 11) is 1.90. The van der Waals surface area contributed by atoms with Crippen molar-refractivity contribution in [2.75, 3.05) is 23.8 Å². The number of anilines is 2. The van der Waals surface area contributed by atoms with Gasteiger partial charge in [-0.3, -0.25) is 4.79 Å². The summed E-state index contributed by atoms with van der Waals surface area (Å²) in [5, 5.41) is 13.9. The lowest BCUT2D eigenvalue weighted by Gasteiger charge is -2.19. The van der Waals surface area contributed by atoms with Gasteiger partial charge in [-0.05, 0) is 40.6 Å². The molecule has 124 valence electrons. The molecular weight excluding hydrogens is 310 g/mol. The van der Waals surface area contributed by atoms with Crippen molar-refractivity contribution in [2.45, 2.75) is 6.42 Å². The minimum absolute atomic E-state index is 0.0799. The molecule has 3 rings (SSSR count). The van der Waals surface area contributed by atoms with Crippen LogP contribution in [0.3, 0.4) is 0 Å². The maximum Gasteiger partial charge on any atom is 0.243 e. The van der Waals surface area contributed by atoms with Crippen molar-refractivity contribution in [1.29, 1.82) is 5.26 Å². The molecule has 1 amide bonds. The highest BCUT2D eigenvalue weighted by atomic mass is 16.2. The number of nitrogens with zero attached hydrogens (tertiary/aromatic N) is 2. The number of fused-ring (bicyclic) bond motifs is 1. The fourth-order valence-electron chi connectivity index (χ4n) is 2.72. The van der Waals surface area contributed by atoms with Gasteiger partial charge in [0.05, 0.1) is 19.0 Å². The molecule has 0 aromatic heterocycles. The molecule has 3 aromatic carbocycles. The number of nitrogens with one attached hydrogen (secondary N) is 1. The molecule has 0 aliphatic heterocycles. The summed E-state index contributed by atoms with van der Waals surface area (Å²) >= 11 is 0. The van der Waals surface area contributed by atoms with Crippen LogP contribution in [-0.2, 0) is 11.2 Å². The molecule has 0 saturated carbocycles. The van der Waals surface area contributed by atoms with Gasteiger partial charge >= 0.3 is 0 Å². The minimum atomic E-state index is -0.0799. The highest BCUT2D eigenvalue weighted by Gasteiger charge is 2.08. The molecule has 4 nitrogen and oxygen atoms in total. The Morgan fingerprint density at radius 3 is 2.48 bits per heavy atom. The van der Waals surface area contributed by atoms with E-state index < -0.39 is 0 Å². The summed E-state index contributed by atoms with van der Waals surface area (Å²) in [5.74, 6) is -0.0799. The second-order valence-corrected chi connectivity index (χ2v) is 5.97. The van der Waals surface area contributed by atoms with Gasteiger partial charge < -0.3 is 10.2 Å². The van der Waals surface area contributed by atoms with Crippen LogP contribution in [0, 0.1) is 11.3 Å². The van der Waals surface area contributed by atoms with Crippen LogP contribution in [0.5, 0.6) is 0 Å². The standard InChI is InChI=1S/C21H19N3O/c1-24(20-11-8-17-4-2-3-5-18(17)14-20)15-21(25)23-19-9-6-16(7-10-19)12-13-22/h2-11,14H,12,15H2,1H3,(H,23,25). The van der Waals surface area contributed by atoms with Crippen molar-refractivity contribution in [3.05, 3.63) is 72.3 Å². The van der Waals surface area contributed by atoms with Crippen LogP contribution >= 0.6 is 0 Å². The molecule has 0 bridgehead atoms. The Kier molecular flexibility index (Phi) is 4.96. The first-order valence-electron chi connectivity index (χ1n) is 8.11. The zero-order valence-electron chi connectivity index (χ0n) is 14.1. The van der Waals surface area contributed by atoms with Gasteiger partial charge in [0.15, 0.2) is 0 Å². The van der Waals surface area contributed by atoms with E-state index in [-0.39, 0.29) is 12.5 Å². The molecule has 0 unspecified atom stereocenters. The van der Waals surface area contributed by atoms with Crippen LogP contribution in [0.1, 0.15) is 5.56 Å². The molecule has 0 aliphatic carbocycles. The van der Waals surface area contributed by atoms with E-state index in [0.717, 1.165) is 22.3 Å². The second-order valence-electron chi connectivity index (χ2n) is 5.97. The van der Waals surface area contributed by atoms with Crippen LogP contribution in [0.15, 0.2) is 66.7 Å². The normalized spacial score (nSPS) is 10.2. The van der Waals surface area contributed by atoms with Gasteiger partial charge in [0.25, 0.3) is 0 Å². The average Bonchev–Trinajstić information content (AvgIpc) is 2.63. The molecule has 0 fully saturated rings. The van der Waals surface area contributed by atoms with Crippen molar-refractivity contribution >= 4 is 28.1 Å². The predicted octanol–water partition coefficient (Wildman–Crippen LogP) is 3.98. The smallest absolute Gasteiger partial charge is 0.243 e. The first-order valence-corrected chi connectivity index (χ1v) is 8.11. The number of nitriles is 1. The lowest BCUT2D eigenvalue weighted by atomic mass is 10.1. The molecule has 0 aliphatic rings. The number of hydrogen-bond acceptors (Lipinski definition) is 3. The van der Waals surface area contributed by atoms with Gasteiger partial charge in [-0.1, -0.05) is 42.5 Å². The van der Waals surface area contributed by atoms with Gasteiger partial charge in [-0.2, -0.15) is 5.26 Å². The maximum absolute atomic E-state index is 12.3. The van der Waals surface area contributed by atoms with Crippen LogP contribution in [0.4, 0.5) is 11.4 Å². The van der Waals surface area contributed by atoms with E-state index in [2.05, 4.69) is 35.7 Å². The molecule has 0 saturated heterocycles. The summed E-state index contributed by atoms with van der Waals surface area (Å²) in [6.45, 7) is 0.262. The Morgan fingerprint density at radius 1 is 1.04 bits per heavy atom. The molecule has 0 radical (unpaired) electrons. The number of benzene rings is 3. The Labute approximate surface area is 147 Å². The zero-order valence-corrected chi connectivity index (χ0v) is 14.1. The fraction of sp³-hybridized carbons (Fsp3) is 0.143. The Balaban J connectivity index is 1.64. The maximum atomic E-state index is 12.3. The monoisotopic (exact) mass is 329 g/mol. The number of likely N-dealkylation sites (N-methyl/N-ethyl adjacent to an activating group) is 1. The number of amides is 1. The first kappa shape index (κ1) is 16.5. The SMILES string of the molecule is CN(CC(=O)Nc1ccc(CC#N)cc1)c1ccc2ccccc2c1. The summed E-state index contributed by atoms with van der Waals surface area (Å²) in [6.07, 6.45) is 0.374. The molecule has 3 aromatic rings. The third-order valence-electron chi connectivity index (χ3n) is 4.08. The second kappa shape index (κ2) is 7.50. The Morgan fingerprint density at radius 2 is 1.76 bits per heavy atom. The molecule has 25 heavy (non-hydrogen) atoms. The zero-order chi connectivity index (χ0) is 17.6. The van der Waals surface area contributed by atoms with Crippen molar-refractivity contribution in [3.63, 3.8) is 0 Å². The van der Waals surface area contributed by atoms with E-state index in [9.17, 15) is 4.79 Å². The van der Waals surface area contributed by atoms with Gasteiger partial charge in [0.1, 0.15) is 0 Å². The highest BCUT2D eigenvalue weighted by molar-refractivity contribution is 5.94. The number of hydrogen-bond donors (Lipinski definition) is 1. The van der Waals surface area contributed by atoms with Crippen LogP contribution in [0.2, 0.25) is 0 Å². The first-order chi connectivity index (χ1) is 12.2. The lowest BCUT2D eigenvalue weighted by Crippen LogP contribution is -2.30. The molecule has 0 spiro atoms. The molecule has 1 N–H and O–H groups in total. The van der Waals surface area contributed by atoms with Gasteiger partial charge in [-0.15, -0.1) is 0 Å². The summed E-state index contributed by atoms with van der Waals surface area (Å²) < 4.78 is 0. The molecule has 0 heterocycles. The average molecular weight is 329 g/mol. The van der Waals surface area contributed by atoms with Crippen molar-refractivity contribution in [2.24, 2.45) is 0 Å². The summed E-state index contributed by atoms with van der Waals surface area (Å²) in [6, 6.07) is 23.8. The number of carbonyl (C=O) groups excluding carboxylic acids is 1. The van der Waals surface area contributed by atoms with E-state index in [0.29, 0.717) is 6.42 Å². The van der Waals surface area contributed by atoms with Crippen LogP contribution in [-0.4, -0.2) is 19.5 Å². The van der Waals surface area contributed by atoms with Gasteiger partial charge in [-0.25, -0.2) is 0 Å². The van der Waals surface area contributed by atoms with E-state index in [1.54, 1.807) is 0 Å². The predicted molar refractivity (Wildman–Crippen MR) is 102 cm³/mol. The third-order valence-corrected chi connectivity index (χ3v) is 4.08. The topological polar surface area (TPSA) is 56.1 Å². The molecule has 0 atom stereocenters. The quantitative estimate of drug-likeness (QED) is 0.770. The Hall–Kier alpha value is -3.32. The highest BCUT2D eigenvalue weighted by Crippen LogP contribution is 2.21. The van der Waals surface area contributed by atoms with E-state index in [4.69, 9.17) is 5.26 Å². The van der Waals surface area contributed by atoms with E-state index in [1.807, 2.05) is 54.4 Å². The van der Waals surface area contributed by atoms with Crippen LogP contribution < -0.4 is 10.2 Å². The molecular formula is C21H19N3O. The molecule has 4 heteroatoms. The summed E-state index contributed by atoms with van der Waals surface area (Å²) in [5.41, 5.74) is 2.67. The van der Waals surface area contributed by atoms with Crippen molar-refractivity contribution in [3.8, 4) is 6.07 Å². The van der Waals surface area contributed by atoms with Crippen LogP contribution in [0.25, 0.3) is 10.8 Å². The lowest BCUT2D eigenvalue weighted by molar-refractivity contribution is -0.114. The van der Waals surface area contributed by atoms with E-state index >= 15 is 0 Å². The van der Waals surface area contributed by atoms with E-state index in [1.165, 1.54) is 5.39 Å². The van der Waals surface area contributed by atoms with Gasteiger partial charge in [0.2, 0.25) is 5.91 Å². The number of rotatable bonds is 5.